The molecule has 1 heterocycles. The van der Waals surface area contributed by atoms with Crippen LogP contribution in [0.25, 0.3) is 93.2 Å². The summed E-state index contributed by atoms with van der Waals surface area (Å²) in [5.74, 6) is 0. The van der Waals surface area contributed by atoms with E-state index in [4.69, 9.17) is 0 Å². The van der Waals surface area contributed by atoms with Gasteiger partial charge in [0.1, 0.15) is 0 Å². The first-order valence-corrected chi connectivity index (χ1v) is 17.9. The Labute approximate surface area is 297 Å². The number of benzene rings is 9. The summed E-state index contributed by atoms with van der Waals surface area (Å²) >= 11 is 0. The molecule has 0 spiro atoms. The van der Waals surface area contributed by atoms with E-state index < -0.39 is 0 Å². The third-order valence-corrected chi connectivity index (χ3v) is 10.7. The minimum Gasteiger partial charge on any atom is -0.308 e. The molecule has 0 N–H and O–H groups in total. The number of rotatable bonds is 5. The largest absolute Gasteiger partial charge is 0.308 e. The molecule has 1 aromatic heterocycles. The lowest BCUT2D eigenvalue weighted by Crippen LogP contribution is -1.97. The quantitative estimate of drug-likeness (QED) is 0.164. The van der Waals surface area contributed by atoms with Crippen LogP contribution in [-0.2, 0) is 6.42 Å². The third kappa shape index (κ3) is 4.55. The zero-order valence-electron chi connectivity index (χ0n) is 28.5. The number of fused-ring (bicyclic) bond motifs is 7. The summed E-state index contributed by atoms with van der Waals surface area (Å²) in [6, 6.07) is 66.9. The fourth-order valence-electron chi connectivity index (χ4n) is 8.52. The van der Waals surface area contributed by atoms with Crippen LogP contribution in [0.2, 0.25) is 0 Å². The van der Waals surface area contributed by atoms with Crippen LogP contribution in [0.1, 0.15) is 12.5 Å². The van der Waals surface area contributed by atoms with Gasteiger partial charge in [-0.1, -0.05) is 171 Å². The first kappa shape index (κ1) is 29.5. The molecule has 240 valence electrons. The molecule has 10 rings (SSSR count). The maximum absolute atomic E-state index is 2.49. The van der Waals surface area contributed by atoms with Crippen LogP contribution in [-0.4, -0.2) is 4.57 Å². The molecule has 0 saturated heterocycles. The average molecular weight is 650 g/mol. The molecule has 1 heteroatoms. The molecule has 10 aromatic rings. The second-order valence-electron chi connectivity index (χ2n) is 13.5. The molecular weight excluding hydrogens is 615 g/mol. The zero-order chi connectivity index (χ0) is 33.9. The van der Waals surface area contributed by atoms with Crippen molar-refractivity contribution in [3.05, 3.63) is 188 Å². The predicted molar refractivity (Wildman–Crippen MR) is 219 cm³/mol. The van der Waals surface area contributed by atoms with Crippen LogP contribution >= 0.6 is 0 Å². The van der Waals surface area contributed by atoms with E-state index in [9.17, 15) is 0 Å². The average Bonchev–Trinajstić information content (AvgIpc) is 3.55. The van der Waals surface area contributed by atoms with Crippen LogP contribution < -0.4 is 0 Å². The summed E-state index contributed by atoms with van der Waals surface area (Å²) < 4.78 is 2.49. The van der Waals surface area contributed by atoms with E-state index in [1.165, 1.54) is 98.8 Å². The first-order valence-electron chi connectivity index (χ1n) is 17.9. The second-order valence-corrected chi connectivity index (χ2v) is 13.5. The van der Waals surface area contributed by atoms with E-state index in [2.05, 4.69) is 193 Å². The molecule has 0 radical (unpaired) electrons. The van der Waals surface area contributed by atoms with Gasteiger partial charge in [0.05, 0.1) is 11.0 Å². The van der Waals surface area contributed by atoms with Crippen LogP contribution in [0.15, 0.2) is 182 Å². The van der Waals surface area contributed by atoms with Crippen molar-refractivity contribution in [1.82, 2.24) is 4.57 Å². The van der Waals surface area contributed by atoms with Gasteiger partial charge in [-0.3, -0.25) is 0 Å². The molecule has 0 aliphatic rings. The summed E-state index contributed by atoms with van der Waals surface area (Å²) in [6.07, 6.45) is 0.975. The number of aryl methyl sites for hydroxylation is 1. The highest BCUT2D eigenvalue weighted by Crippen LogP contribution is 2.45. The molecule has 0 saturated carbocycles. The number of para-hydroxylation sites is 2. The SMILES string of the molecule is CCc1cccc2c3cc(-c4ccc(-c5c6ccccc6c(-c6ccccc6)c6ccccc56)cc4)c4ccccc4c3n(-c3ccccc3)c12. The predicted octanol–water partition coefficient (Wildman–Crippen LogP) is 13.8. The molecule has 0 atom stereocenters. The van der Waals surface area contributed by atoms with Crippen molar-refractivity contribution in [2.75, 3.05) is 0 Å². The van der Waals surface area contributed by atoms with Crippen LogP contribution in [0, 0.1) is 0 Å². The lowest BCUT2D eigenvalue weighted by atomic mass is 9.85. The minimum absolute atomic E-state index is 0.975. The van der Waals surface area contributed by atoms with Gasteiger partial charge in [-0.25, -0.2) is 0 Å². The van der Waals surface area contributed by atoms with Gasteiger partial charge in [0.25, 0.3) is 0 Å². The van der Waals surface area contributed by atoms with E-state index in [1.54, 1.807) is 0 Å². The highest BCUT2D eigenvalue weighted by atomic mass is 15.0. The van der Waals surface area contributed by atoms with Crippen molar-refractivity contribution in [3.63, 3.8) is 0 Å². The smallest absolute Gasteiger partial charge is 0.0620 e. The first-order chi connectivity index (χ1) is 25.3. The van der Waals surface area contributed by atoms with Crippen LogP contribution in [0.3, 0.4) is 0 Å². The molecule has 0 aliphatic carbocycles. The third-order valence-electron chi connectivity index (χ3n) is 10.7. The highest BCUT2D eigenvalue weighted by Gasteiger charge is 2.20. The van der Waals surface area contributed by atoms with Gasteiger partial charge in [0.15, 0.2) is 0 Å². The zero-order valence-corrected chi connectivity index (χ0v) is 28.5. The normalized spacial score (nSPS) is 11.7. The summed E-state index contributed by atoms with van der Waals surface area (Å²) in [4.78, 5) is 0. The molecule has 9 aromatic carbocycles. The maximum atomic E-state index is 2.49. The van der Waals surface area contributed by atoms with Crippen LogP contribution in [0.4, 0.5) is 0 Å². The van der Waals surface area contributed by atoms with Crippen molar-refractivity contribution < 1.29 is 0 Å². The molecule has 51 heavy (non-hydrogen) atoms. The van der Waals surface area contributed by atoms with E-state index in [0.29, 0.717) is 0 Å². The lowest BCUT2D eigenvalue weighted by Gasteiger charge is -2.18. The highest BCUT2D eigenvalue weighted by molar-refractivity contribution is 6.23. The van der Waals surface area contributed by atoms with Crippen LogP contribution in [0.5, 0.6) is 0 Å². The number of aromatic nitrogens is 1. The Morgan fingerprint density at radius 2 is 0.804 bits per heavy atom. The Kier molecular flexibility index (Phi) is 6.85. The molecule has 0 unspecified atom stereocenters. The molecule has 1 nitrogen and oxygen atoms in total. The molecule has 0 amide bonds. The van der Waals surface area contributed by atoms with Crippen molar-refractivity contribution in [1.29, 1.82) is 0 Å². The Morgan fingerprint density at radius 1 is 0.353 bits per heavy atom. The van der Waals surface area contributed by atoms with E-state index in [0.717, 1.165) is 6.42 Å². The van der Waals surface area contributed by atoms with E-state index in [-0.39, 0.29) is 0 Å². The molecule has 0 fully saturated rings. The maximum Gasteiger partial charge on any atom is 0.0620 e. The Bertz CT molecular complexity index is 2860. The van der Waals surface area contributed by atoms with Gasteiger partial charge in [-0.15, -0.1) is 0 Å². The number of hydrogen-bond acceptors (Lipinski definition) is 0. The van der Waals surface area contributed by atoms with Gasteiger partial charge >= 0.3 is 0 Å². The fraction of sp³-hybridized carbons (Fsp3) is 0.0400. The minimum atomic E-state index is 0.975. The Hall–Kier alpha value is -6.44. The fourth-order valence-corrected chi connectivity index (χ4v) is 8.52. The Balaban J connectivity index is 1.21. The van der Waals surface area contributed by atoms with E-state index >= 15 is 0 Å². The van der Waals surface area contributed by atoms with Crippen molar-refractivity contribution in [2.45, 2.75) is 13.3 Å². The standard InChI is InChI=1S/C50H35N/c1-2-33-18-15-27-44-46-32-45(38-21-9-14-26-43(38)50(46)51(49(33)44)37-19-7-4-8-20-37)34-28-30-36(31-29-34)48-41-24-12-10-22-39(41)47(35-16-5-3-6-17-35)40-23-11-13-25-42(40)48/h3-32H,2H2,1H3. The van der Waals surface area contributed by atoms with Crippen molar-refractivity contribution >= 4 is 54.1 Å². The number of hydrogen-bond donors (Lipinski definition) is 0. The van der Waals surface area contributed by atoms with Crippen molar-refractivity contribution in [3.8, 4) is 39.1 Å². The monoisotopic (exact) mass is 649 g/mol. The Morgan fingerprint density at radius 3 is 1.39 bits per heavy atom. The molecule has 0 aliphatic heterocycles. The van der Waals surface area contributed by atoms with Gasteiger partial charge in [-0.2, -0.15) is 0 Å². The van der Waals surface area contributed by atoms with Gasteiger partial charge < -0.3 is 4.57 Å². The molecule has 0 bridgehead atoms. The summed E-state index contributed by atoms with van der Waals surface area (Å²) in [7, 11) is 0. The lowest BCUT2D eigenvalue weighted by molar-refractivity contribution is 1.11. The number of nitrogens with zero attached hydrogens (tertiary/aromatic N) is 1. The summed E-state index contributed by atoms with van der Waals surface area (Å²) in [5, 5.41) is 10.2. The van der Waals surface area contributed by atoms with Crippen molar-refractivity contribution in [2.24, 2.45) is 0 Å². The van der Waals surface area contributed by atoms with E-state index in [1.807, 2.05) is 0 Å². The molecular formula is C50H35N. The van der Waals surface area contributed by atoms with Gasteiger partial charge in [-0.05, 0) is 90.5 Å². The summed E-state index contributed by atoms with van der Waals surface area (Å²) in [5.41, 5.74) is 12.7. The topological polar surface area (TPSA) is 4.93 Å². The van der Waals surface area contributed by atoms with Gasteiger partial charge in [0, 0.05) is 21.8 Å². The second kappa shape index (κ2) is 11.9. The van der Waals surface area contributed by atoms with Gasteiger partial charge in [0.2, 0.25) is 0 Å². The summed E-state index contributed by atoms with van der Waals surface area (Å²) in [6.45, 7) is 2.26.